The van der Waals surface area contributed by atoms with Crippen molar-refractivity contribution in [2.45, 2.75) is 13.2 Å². The Hall–Kier alpha value is -2.04. The van der Waals surface area contributed by atoms with E-state index in [0.717, 1.165) is 11.3 Å². The standard InChI is InChI=1S/C21H34N4O5/c1-17(22)18-3-4-19-20(15-18)29-10-8-23-7-9-27-12-13-28-16-21(25-6-5-24-19)30-14-11-26-2/h3-4,7,15,21-22,24-25H,5-6,8-14,16H2,1-2H3. The van der Waals surface area contributed by atoms with E-state index in [4.69, 9.17) is 29.1 Å². The highest BCUT2D eigenvalue weighted by atomic mass is 16.6. The molecule has 0 bridgehead atoms. The van der Waals surface area contributed by atoms with Crippen LogP contribution in [0, 0.1) is 5.41 Å². The van der Waals surface area contributed by atoms with Crippen molar-refractivity contribution in [1.29, 1.82) is 5.41 Å². The molecule has 1 aliphatic heterocycles. The first-order chi connectivity index (χ1) is 14.7. The fourth-order valence-electron chi connectivity index (χ4n) is 2.69. The zero-order chi connectivity index (χ0) is 21.4. The molecule has 1 aromatic carbocycles. The lowest BCUT2D eigenvalue weighted by molar-refractivity contribution is -0.0547. The molecular weight excluding hydrogens is 388 g/mol. The second kappa shape index (κ2) is 14.9. The van der Waals surface area contributed by atoms with Crippen molar-refractivity contribution in [2.24, 2.45) is 4.99 Å². The van der Waals surface area contributed by atoms with Gasteiger partial charge >= 0.3 is 0 Å². The van der Waals surface area contributed by atoms with E-state index in [2.05, 4.69) is 15.6 Å². The maximum absolute atomic E-state index is 7.86. The molecule has 30 heavy (non-hydrogen) atoms. The number of hydrogen-bond acceptors (Lipinski definition) is 9. The van der Waals surface area contributed by atoms with E-state index in [1.165, 1.54) is 0 Å². The van der Waals surface area contributed by atoms with Gasteiger partial charge in [-0.25, -0.2) is 0 Å². The molecule has 3 N–H and O–H groups in total. The predicted molar refractivity (Wildman–Crippen MR) is 118 cm³/mol. The van der Waals surface area contributed by atoms with Crippen LogP contribution >= 0.6 is 0 Å². The lowest BCUT2D eigenvalue weighted by atomic mass is 10.1. The van der Waals surface area contributed by atoms with E-state index in [1.54, 1.807) is 20.2 Å². The monoisotopic (exact) mass is 422 g/mol. The van der Waals surface area contributed by atoms with Crippen molar-refractivity contribution < 1.29 is 23.7 Å². The first-order valence-corrected chi connectivity index (χ1v) is 10.2. The summed E-state index contributed by atoms with van der Waals surface area (Å²) in [7, 11) is 1.65. The van der Waals surface area contributed by atoms with Gasteiger partial charge in [-0.3, -0.25) is 10.3 Å². The molecule has 0 spiro atoms. The third-order valence-corrected chi connectivity index (χ3v) is 4.27. The average molecular weight is 423 g/mol. The molecule has 1 heterocycles. The highest BCUT2D eigenvalue weighted by Crippen LogP contribution is 2.26. The van der Waals surface area contributed by atoms with Gasteiger partial charge in [-0.15, -0.1) is 0 Å². The Bertz CT molecular complexity index is 656. The Morgan fingerprint density at radius 3 is 2.90 bits per heavy atom. The minimum atomic E-state index is -0.235. The molecule has 9 heteroatoms. The van der Waals surface area contributed by atoms with E-state index in [1.807, 2.05) is 18.2 Å². The van der Waals surface area contributed by atoms with Crippen LogP contribution in [0.3, 0.4) is 0 Å². The number of methoxy groups -OCH3 is 1. The molecule has 9 nitrogen and oxygen atoms in total. The van der Waals surface area contributed by atoms with Gasteiger partial charge in [-0.2, -0.15) is 0 Å². The summed E-state index contributed by atoms with van der Waals surface area (Å²) in [5, 5.41) is 14.6. The summed E-state index contributed by atoms with van der Waals surface area (Å²) in [5.41, 5.74) is 2.20. The van der Waals surface area contributed by atoms with E-state index in [-0.39, 0.29) is 6.23 Å². The van der Waals surface area contributed by atoms with Crippen LogP contribution in [0.2, 0.25) is 0 Å². The summed E-state index contributed by atoms with van der Waals surface area (Å²) in [4.78, 5) is 4.30. The topological polar surface area (TPSA) is 106 Å². The minimum Gasteiger partial charge on any atom is -0.489 e. The van der Waals surface area contributed by atoms with Crippen molar-refractivity contribution in [3.63, 3.8) is 0 Å². The van der Waals surface area contributed by atoms with Crippen LogP contribution in [0.1, 0.15) is 12.5 Å². The van der Waals surface area contributed by atoms with Crippen LogP contribution in [0.25, 0.3) is 0 Å². The zero-order valence-corrected chi connectivity index (χ0v) is 17.9. The van der Waals surface area contributed by atoms with Crippen molar-refractivity contribution >= 4 is 17.6 Å². The number of aliphatic imine (C=N–C) groups is 1. The van der Waals surface area contributed by atoms with Crippen molar-refractivity contribution in [2.75, 3.05) is 78.3 Å². The molecule has 0 radical (unpaired) electrons. The normalized spacial score (nSPS) is 19.6. The summed E-state index contributed by atoms with van der Waals surface area (Å²) < 4.78 is 27.9. The largest absolute Gasteiger partial charge is 0.489 e. The summed E-state index contributed by atoms with van der Waals surface area (Å²) in [6.07, 6.45) is 1.50. The molecule has 0 amide bonds. The molecular formula is C21H34N4O5. The summed E-state index contributed by atoms with van der Waals surface area (Å²) in [5.74, 6) is 0.711. The molecule has 0 saturated heterocycles. The van der Waals surface area contributed by atoms with Gasteiger partial charge in [-0.05, 0) is 24.6 Å². The maximum atomic E-state index is 7.86. The van der Waals surface area contributed by atoms with E-state index in [0.29, 0.717) is 77.3 Å². The molecule has 0 aliphatic carbocycles. The van der Waals surface area contributed by atoms with Crippen LogP contribution in [-0.4, -0.2) is 91.1 Å². The molecule has 0 fully saturated rings. The number of hydrogen-bond donors (Lipinski definition) is 3. The van der Waals surface area contributed by atoms with Gasteiger partial charge in [-0.1, -0.05) is 6.07 Å². The second-order valence-corrected chi connectivity index (χ2v) is 6.66. The fraction of sp³-hybridized carbons (Fsp3) is 0.619. The van der Waals surface area contributed by atoms with Crippen molar-refractivity contribution in [3.05, 3.63) is 23.8 Å². The fourth-order valence-corrected chi connectivity index (χ4v) is 2.69. The molecule has 168 valence electrons. The third kappa shape index (κ3) is 9.64. The first-order valence-electron chi connectivity index (χ1n) is 10.2. The molecule has 2 rings (SSSR count). The lowest BCUT2D eigenvalue weighted by Crippen LogP contribution is -2.39. The highest BCUT2D eigenvalue weighted by Gasteiger charge is 2.10. The van der Waals surface area contributed by atoms with Crippen LogP contribution in [0.4, 0.5) is 5.69 Å². The van der Waals surface area contributed by atoms with Crippen LogP contribution in [-0.2, 0) is 18.9 Å². The third-order valence-electron chi connectivity index (χ3n) is 4.27. The Balaban J connectivity index is 1.99. The Morgan fingerprint density at radius 1 is 1.20 bits per heavy atom. The molecule has 0 aromatic heterocycles. The number of ether oxygens (including phenoxy) is 5. The Kier molecular flexibility index (Phi) is 12.0. The van der Waals surface area contributed by atoms with Crippen LogP contribution < -0.4 is 15.4 Å². The van der Waals surface area contributed by atoms with Gasteiger partial charge in [0, 0.05) is 32.1 Å². The quantitative estimate of drug-likeness (QED) is 0.488. The average Bonchev–Trinajstić information content (AvgIpc) is 2.74. The zero-order valence-electron chi connectivity index (χ0n) is 17.9. The molecule has 1 atom stereocenters. The van der Waals surface area contributed by atoms with Crippen LogP contribution in [0.5, 0.6) is 5.75 Å². The van der Waals surface area contributed by atoms with Crippen molar-refractivity contribution in [3.8, 4) is 5.75 Å². The number of fused-ring (bicyclic) bond motifs is 1. The molecule has 0 saturated carbocycles. The number of nitrogens with zero attached hydrogens (tertiary/aromatic N) is 1. The maximum Gasteiger partial charge on any atom is 0.143 e. The van der Waals surface area contributed by atoms with Gasteiger partial charge < -0.3 is 34.4 Å². The van der Waals surface area contributed by atoms with E-state index < -0.39 is 0 Å². The van der Waals surface area contributed by atoms with Gasteiger partial charge in [0.1, 0.15) is 18.6 Å². The van der Waals surface area contributed by atoms with Gasteiger partial charge in [0.25, 0.3) is 0 Å². The van der Waals surface area contributed by atoms with Gasteiger partial charge in [0.2, 0.25) is 0 Å². The lowest BCUT2D eigenvalue weighted by Gasteiger charge is -2.20. The molecule has 1 aliphatic rings. The predicted octanol–water partition coefficient (Wildman–Crippen LogP) is 1.56. The van der Waals surface area contributed by atoms with Gasteiger partial charge in [0.05, 0.1) is 51.9 Å². The summed E-state index contributed by atoms with van der Waals surface area (Å²) in [6.45, 7) is 6.94. The van der Waals surface area contributed by atoms with Crippen LogP contribution in [0.15, 0.2) is 23.2 Å². The number of nitrogens with one attached hydrogen (secondary N) is 3. The van der Waals surface area contributed by atoms with Crippen molar-refractivity contribution in [1.82, 2.24) is 5.32 Å². The minimum absolute atomic E-state index is 0.235. The highest BCUT2D eigenvalue weighted by molar-refractivity contribution is 5.97. The summed E-state index contributed by atoms with van der Waals surface area (Å²) >= 11 is 0. The Labute approximate surface area is 178 Å². The number of anilines is 1. The first kappa shape index (κ1) is 24.2. The SMILES string of the molecule is COCCOC1COCCOCC=NCCOc2cc(C(C)=N)ccc2NCCN1. The second-order valence-electron chi connectivity index (χ2n) is 6.66. The van der Waals surface area contributed by atoms with Gasteiger partial charge in [0.15, 0.2) is 0 Å². The van der Waals surface area contributed by atoms with E-state index in [9.17, 15) is 0 Å². The number of benzene rings is 1. The molecule has 1 aromatic rings. The molecule has 1 unspecified atom stereocenters. The summed E-state index contributed by atoms with van der Waals surface area (Å²) in [6, 6.07) is 5.73. The Morgan fingerprint density at radius 2 is 2.07 bits per heavy atom. The van der Waals surface area contributed by atoms with E-state index >= 15 is 0 Å². The number of rotatable bonds is 5. The smallest absolute Gasteiger partial charge is 0.143 e.